The van der Waals surface area contributed by atoms with Crippen LogP contribution in [0.15, 0.2) is 0 Å². The minimum absolute atomic E-state index is 0.150. The van der Waals surface area contributed by atoms with Gasteiger partial charge < -0.3 is 15.0 Å². The molecular formula is C7H11NO5. The highest BCUT2D eigenvalue weighted by Crippen LogP contribution is 2.03. The van der Waals surface area contributed by atoms with Gasteiger partial charge in [0.25, 0.3) is 0 Å². The Bertz CT molecular complexity index is 201. The molecule has 0 saturated carbocycles. The van der Waals surface area contributed by atoms with Gasteiger partial charge in [0, 0.05) is 13.0 Å². The first-order chi connectivity index (χ1) is 5.99. The van der Waals surface area contributed by atoms with E-state index in [-0.39, 0.29) is 23.8 Å². The third kappa shape index (κ3) is 4.09. The van der Waals surface area contributed by atoms with Gasteiger partial charge in [0.15, 0.2) is 0 Å². The molecule has 0 saturated heterocycles. The number of carboxylic acid groups (broad SMARTS) is 2. The van der Waals surface area contributed by atoms with Crippen LogP contribution in [0.2, 0.25) is 0 Å². The Morgan fingerprint density at radius 1 is 1.38 bits per heavy atom. The van der Waals surface area contributed by atoms with Crippen LogP contribution in [0.25, 0.3) is 0 Å². The van der Waals surface area contributed by atoms with Gasteiger partial charge in [0.05, 0.1) is 0 Å². The summed E-state index contributed by atoms with van der Waals surface area (Å²) in [5, 5.41) is 16.8. The third-order valence-corrected chi connectivity index (χ3v) is 1.45. The Morgan fingerprint density at radius 2 is 1.85 bits per heavy atom. The number of carbonyl (C=O) groups excluding carboxylic acids is 1. The normalized spacial score (nSPS) is 11.8. The summed E-state index contributed by atoms with van der Waals surface area (Å²) in [5.74, 6) is -0.287. The fourth-order valence-electron chi connectivity index (χ4n) is 0.788. The molecule has 0 unspecified atom stereocenters. The highest BCUT2D eigenvalue weighted by Gasteiger charge is 2.21. The molecule has 0 rings (SSSR count). The van der Waals surface area contributed by atoms with Crippen LogP contribution in [-0.4, -0.2) is 40.1 Å². The van der Waals surface area contributed by atoms with Crippen molar-refractivity contribution in [2.24, 2.45) is 5.92 Å². The third-order valence-electron chi connectivity index (χ3n) is 1.45. The second-order valence-electron chi connectivity index (χ2n) is 2.68. The van der Waals surface area contributed by atoms with Gasteiger partial charge >= 0.3 is 12.2 Å². The highest BCUT2D eigenvalue weighted by atomic mass is 16.4. The summed E-state index contributed by atoms with van der Waals surface area (Å²) >= 11 is 0. The molecule has 13 heavy (non-hydrogen) atoms. The first-order valence-corrected chi connectivity index (χ1v) is 3.66. The van der Waals surface area contributed by atoms with Crippen molar-refractivity contribution in [1.29, 1.82) is 0 Å². The molecule has 0 aliphatic carbocycles. The first kappa shape index (κ1) is 11.4. The number of hydrogen-bond donors (Lipinski definition) is 2. The molecule has 0 heterocycles. The number of aldehydes is 1. The van der Waals surface area contributed by atoms with Crippen LogP contribution in [0, 0.1) is 5.92 Å². The van der Waals surface area contributed by atoms with Gasteiger partial charge in [0.1, 0.15) is 6.29 Å². The molecule has 6 heteroatoms. The van der Waals surface area contributed by atoms with Crippen LogP contribution in [0.1, 0.15) is 13.3 Å². The fourth-order valence-corrected chi connectivity index (χ4v) is 0.788. The van der Waals surface area contributed by atoms with Gasteiger partial charge in [-0.05, 0) is 5.92 Å². The molecule has 2 N–H and O–H groups in total. The predicted molar refractivity (Wildman–Crippen MR) is 42.6 cm³/mol. The number of carbonyl (C=O) groups is 3. The quantitative estimate of drug-likeness (QED) is 0.640. The maximum Gasteiger partial charge on any atom is 0.416 e. The maximum atomic E-state index is 10.3. The molecule has 2 amide bonds. The molecule has 0 aliphatic rings. The zero-order chi connectivity index (χ0) is 10.4. The fraction of sp³-hybridized carbons (Fsp3) is 0.571. The van der Waals surface area contributed by atoms with Gasteiger partial charge in [-0.15, -0.1) is 0 Å². The van der Waals surface area contributed by atoms with Crippen molar-refractivity contribution in [3.05, 3.63) is 0 Å². The Kier molecular flexibility index (Phi) is 4.50. The van der Waals surface area contributed by atoms with E-state index in [2.05, 4.69) is 0 Å². The van der Waals surface area contributed by atoms with Crippen molar-refractivity contribution in [3.63, 3.8) is 0 Å². The van der Waals surface area contributed by atoms with E-state index in [9.17, 15) is 14.4 Å². The van der Waals surface area contributed by atoms with E-state index in [1.807, 2.05) is 0 Å². The van der Waals surface area contributed by atoms with E-state index in [0.29, 0.717) is 6.29 Å². The van der Waals surface area contributed by atoms with Crippen molar-refractivity contribution in [3.8, 4) is 0 Å². The van der Waals surface area contributed by atoms with Crippen LogP contribution in [-0.2, 0) is 4.79 Å². The highest BCUT2D eigenvalue weighted by molar-refractivity contribution is 5.85. The Hall–Kier alpha value is -1.59. The molecule has 0 fully saturated rings. The zero-order valence-corrected chi connectivity index (χ0v) is 7.14. The first-order valence-electron chi connectivity index (χ1n) is 3.66. The largest absolute Gasteiger partial charge is 0.465 e. The summed E-state index contributed by atoms with van der Waals surface area (Å²) < 4.78 is 0. The molecule has 0 bridgehead atoms. The summed E-state index contributed by atoms with van der Waals surface area (Å²) in [4.78, 5) is 31.0. The van der Waals surface area contributed by atoms with E-state index in [1.165, 1.54) is 0 Å². The molecule has 0 aliphatic heterocycles. The molecule has 0 aromatic heterocycles. The zero-order valence-electron chi connectivity index (χ0n) is 7.14. The smallest absolute Gasteiger partial charge is 0.416 e. The van der Waals surface area contributed by atoms with E-state index < -0.39 is 12.2 Å². The van der Waals surface area contributed by atoms with Crippen molar-refractivity contribution in [1.82, 2.24) is 4.90 Å². The average Bonchev–Trinajstić information content (AvgIpc) is 1.99. The Labute approximate surface area is 74.8 Å². The van der Waals surface area contributed by atoms with Crippen LogP contribution in [0.5, 0.6) is 0 Å². The predicted octanol–water partition coefficient (Wildman–Crippen LogP) is 0.870. The topological polar surface area (TPSA) is 94.9 Å². The lowest BCUT2D eigenvalue weighted by atomic mass is 10.1. The summed E-state index contributed by atoms with van der Waals surface area (Å²) in [6.45, 7) is 1.43. The lowest BCUT2D eigenvalue weighted by molar-refractivity contribution is -0.108. The van der Waals surface area contributed by atoms with Crippen LogP contribution >= 0.6 is 0 Å². The summed E-state index contributed by atoms with van der Waals surface area (Å²) in [6, 6.07) is 0. The summed E-state index contributed by atoms with van der Waals surface area (Å²) in [5.41, 5.74) is 0. The molecule has 0 spiro atoms. The standard InChI is InChI=1S/C7H11NO5/c1-5(2-3-9)4-8(6(10)11)7(12)13/h3,5H,2,4H2,1H3,(H,10,11)(H,12,13)/t5-/m0/s1. The van der Waals surface area contributed by atoms with E-state index >= 15 is 0 Å². The number of rotatable bonds is 4. The molecule has 74 valence electrons. The van der Waals surface area contributed by atoms with E-state index in [1.54, 1.807) is 6.92 Å². The van der Waals surface area contributed by atoms with Gasteiger partial charge in [-0.3, -0.25) is 0 Å². The minimum atomic E-state index is -1.52. The molecule has 6 nitrogen and oxygen atoms in total. The number of nitrogens with zero attached hydrogens (tertiary/aromatic N) is 1. The second-order valence-corrected chi connectivity index (χ2v) is 2.68. The maximum absolute atomic E-state index is 10.3. The second kappa shape index (κ2) is 5.13. The van der Waals surface area contributed by atoms with Gasteiger partial charge in [-0.2, -0.15) is 0 Å². The van der Waals surface area contributed by atoms with Crippen LogP contribution in [0.3, 0.4) is 0 Å². The molecule has 0 aromatic rings. The minimum Gasteiger partial charge on any atom is -0.465 e. The van der Waals surface area contributed by atoms with Gasteiger partial charge in [-0.1, -0.05) is 6.92 Å². The lowest BCUT2D eigenvalue weighted by Crippen LogP contribution is -2.37. The number of amides is 2. The van der Waals surface area contributed by atoms with Crippen LogP contribution < -0.4 is 0 Å². The summed E-state index contributed by atoms with van der Waals surface area (Å²) in [6.07, 6.45) is -2.26. The van der Waals surface area contributed by atoms with E-state index in [4.69, 9.17) is 10.2 Å². The Morgan fingerprint density at radius 3 is 2.15 bits per heavy atom. The number of imide groups is 1. The van der Waals surface area contributed by atoms with Crippen molar-refractivity contribution >= 4 is 18.5 Å². The molecular weight excluding hydrogens is 178 g/mol. The van der Waals surface area contributed by atoms with Gasteiger partial charge in [0.2, 0.25) is 0 Å². The summed E-state index contributed by atoms with van der Waals surface area (Å²) in [7, 11) is 0. The SMILES string of the molecule is C[C@@H](CC=O)CN(C(=O)O)C(=O)O. The molecule has 1 atom stereocenters. The van der Waals surface area contributed by atoms with E-state index in [0.717, 1.165) is 0 Å². The van der Waals surface area contributed by atoms with Crippen LogP contribution in [0.4, 0.5) is 9.59 Å². The van der Waals surface area contributed by atoms with Gasteiger partial charge in [-0.25, -0.2) is 14.5 Å². The van der Waals surface area contributed by atoms with Crippen molar-refractivity contribution in [2.75, 3.05) is 6.54 Å². The lowest BCUT2D eigenvalue weighted by Gasteiger charge is -2.16. The monoisotopic (exact) mass is 189 g/mol. The molecule has 0 aromatic carbocycles. The van der Waals surface area contributed by atoms with Crippen molar-refractivity contribution in [2.45, 2.75) is 13.3 Å². The Balaban J connectivity index is 4.17. The molecule has 0 radical (unpaired) electrons. The van der Waals surface area contributed by atoms with Crippen molar-refractivity contribution < 1.29 is 24.6 Å². The average molecular weight is 189 g/mol. The number of hydrogen-bond acceptors (Lipinski definition) is 3.